The van der Waals surface area contributed by atoms with Crippen LogP contribution < -0.4 is 5.32 Å². The van der Waals surface area contributed by atoms with E-state index in [1.54, 1.807) is 0 Å². The first-order chi connectivity index (χ1) is 11.8. The van der Waals surface area contributed by atoms with Crippen molar-refractivity contribution in [1.82, 2.24) is 5.32 Å². The highest BCUT2D eigenvalue weighted by molar-refractivity contribution is 7.10. The second-order valence-electron chi connectivity index (χ2n) is 6.32. The molecule has 2 N–H and O–H groups in total. The molecule has 1 aromatic carbocycles. The van der Waals surface area contributed by atoms with Crippen LogP contribution in [0, 0.1) is 5.92 Å². The monoisotopic (exact) mass is 369 g/mol. The maximum absolute atomic E-state index is 12.8. The lowest BCUT2D eigenvalue weighted by atomic mass is 9.76. The van der Waals surface area contributed by atoms with E-state index in [2.05, 4.69) is 5.32 Å². The van der Waals surface area contributed by atoms with Crippen molar-refractivity contribution in [3.05, 3.63) is 57.8 Å². The number of alkyl halides is 3. The molecule has 1 heterocycles. The van der Waals surface area contributed by atoms with Gasteiger partial charge in [-0.05, 0) is 41.8 Å². The molecule has 25 heavy (non-hydrogen) atoms. The van der Waals surface area contributed by atoms with Crippen LogP contribution in [0.15, 0.2) is 41.8 Å². The van der Waals surface area contributed by atoms with Gasteiger partial charge in [-0.25, -0.2) is 0 Å². The van der Waals surface area contributed by atoms with Gasteiger partial charge in [-0.3, -0.25) is 4.79 Å². The zero-order valence-corrected chi connectivity index (χ0v) is 14.1. The predicted octanol–water partition coefficient (Wildman–Crippen LogP) is 3.94. The van der Waals surface area contributed by atoms with Gasteiger partial charge in [-0.2, -0.15) is 13.2 Å². The fraction of sp³-hybridized carbons (Fsp3) is 0.389. The number of amides is 1. The summed E-state index contributed by atoms with van der Waals surface area (Å²) in [6.45, 7) is 0. The quantitative estimate of drug-likeness (QED) is 0.839. The Balaban J connectivity index is 1.68. The fourth-order valence-electron chi connectivity index (χ4n) is 3.06. The lowest BCUT2D eigenvalue weighted by Crippen LogP contribution is -2.41. The standard InChI is InChI=1S/C18H18F3NO2S/c19-18(20,21)13-4-1-3-11(7-13)8-16(24)22-17(12-9-14(23)10-12)15-5-2-6-25-15/h1-7,12,14,17,23H,8-10H2,(H,22,24)/t12?,14?,17-/m0/s1. The summed E-state index contributed by atoms with van der Waals surface area (Å²) in [6.07, 6.45) is -3.64. The van der Waals surface area contributed by atoms with E-state index in [-0.39, 0.29) is 30.4 Å². The third-order valence-electron chi connectivity index (χ3n) is 4.41. The van der Waals surface area contributed by atoms with Crippen molar-refractivity contribution in [2.75, 3.05) is 0 Å². The third-order valence-corrected chi connectivity index (χ3v) is 5.36. The maximum atomic E-state index is 12.8. The molecule has 0 aliphatic heterocycles. The molecule has 3 rings (SSSR count). The molecule has 134 valence electrons. The van der Waals surface area contributed by atoms with Crippen LogP contribution in [0.5, 0.6) is 0 Å². The molecule has 7 heteroatoms. The van der Waals surface area contributed by atoms with E-state index < -0.39 is 11.7 Å². The molecule has 1 atom stereocenters. The number of hydrogen-bond donors (Lipinski definition) is 2. The highest BCUT2D eigenvalue weighted by atomic mass is 32.1. The van der Waals surface area contributed by atoms with E-state index in [4.69, 9.17) is 0 Å². The van der Waals surface area contributed by atoms with E-state index in [0.29, 0.717) is 18.4 Å². The van der Waals surface area contributed by atoms with Gasteiger partial charge >= 0.3 is 6.18 Å². The number of nitrogens with one attached hydrogen (secondary N) is 1. The zero-order chi connectivity index (χ0) is 18.0. The topological polar surface area (TPSA) is 49.3 Å². The lowest BCUT2D eigenvalue weighted by Gasteiger charge is -2.37. The number of aliphatic hydroxyl groups is 1. The van der Waals surface area contributed by atoms with Gasteiger partial charge in [-0.15, -0.1) is 11.3 Å². The van der Waals surface area contributed by atoms with Gasteiger partial charge < -0.3 is 10.4 Å². The maximum Gasteiger partial charge on any atom is 0.416 e. The highest BCUT2D eigenvalue weighted by Gasteiger charge is 2.36. The number of carbonyl (C=O) groups excluding carboxylic acids is 1. The van der Waals surface area contributed by atoms with Crippen LogP contribution in [0.3, 0.4) is 0 Å². The molecule has 1 fully saturated rings. The average molecular weight is 369 g/mol. The molecule has 0 unspecified atom stereocenters. The van der Waals surface area contributed by atoms with Crippen molar-refractivity contribution in [2.24, 2.45) is 5.92 Å². The molecule has 0 saturated heterocycles. The van der Waals surface area contributed by atoms with Crippen LogP contribution in [0.2, 0.25) is 0 Å². The van der Waals surface area contributed by atoms with Crippen molar-refractivity contribution in [2.45, 2.75) is 37.6 Å². The van der Waals surface area contributed by atoms with E-state index >= 15 is 0 Å². The number of hydrogen-bond acceptors (Lipinski definition) is 3. The Bertz CT molecular complexity index is 724. The summed E-state index contributed by atoms with van der Waals surface area (Å²) >= 11 is 1.52. The molecule has 0 spiro atoms. The molecule has 0 radical (unpaired) electrons. The summed E-state index contributed by atoms with van der Waals surface area (Å²) in [5.41, 5.74) is -0.430. The zero-order valence-electron chi connectivity index (χ0n) is 13.3. The Labute approximate surface area is 147 Å². The first-order valence-corrected chi connectivity index (χ1v) is 8.88. The van der Waals surface area contributed by atoms with Gasteiger partial charge in [0, 0.05) is 4.88 Å². The molecular formula is C18H18F3NO2S. The Morgan fingerprint density at radius 1 is 1.28 bits per heavy atom. The Morgan fingerprint density at radius 3 is 2.64 bits per heavy atom. The SMILES string of the molecule is O=C(Cc1cccc(C(F)(F)F)c1)N[C@H](c1cccs1)C1CC(O)C1. The van der Waals surface area contributed by atoms with Crippen molar-refractivity contribution in [1.29, 1.82) is 0 Å². The number of benzene rings is 1. The molecule has 1 aromatic heterocycles. The summed E-state index contributed by atoms with van der Waals surface area (Å²) in [7, 11) is 0. The Kier molecular flexibility index (Phi) is 5.15. The molecule has 2 aromatic rings. The smallest absolute Gasteiger partial charge is 0.393 e. The lowest BCUT2D eigenvalue weighted by molar-refractivity contribution is -0.137. The van der Waals surface area contributed by atoms with E-state index in [1.807, 2.05) is 17.5 Å². The van der Waals surface area contributed by atoms with Crippen LogP contribution >= 0.6 is 11.3 Å². The van der Waals surface area contributed by atoms with Crippen LogP contribution in [0.4, 0.5) is 13.2 Å². The van der Waals surface area contributed by atoms with Crippen LogP contribution in [0.1, 0.15) is 34.9 Å². The average Bonchev–Trinajstić information content (AvgIpc) is 3.03. The largest absolute Gasteiger partial charge is 0.416 e. The molecule has 1 amide bonds. The van der Waals surface area contributed by atoms with E-state index in [0.717, 1.165) is 17.0 Å². The number of aliphatic hydroxyl groups excluding tert-OH is 1. The first-order valence-electron chi connectivity index (χ1n) is 8.00. The highest BCUT2D eigenvalue weighted by Crippen LogP contribution is 2.39. The minimum Gasteiger partial charge on any atom is -0.393 e. The fourth-order valence-corrected chi connectivity index (χ4v) is 3.93. The van der Waals surface area contributed by atoms with Gasteiger partial charge in [-0.1, -0.05) is 24.3 Å². The summed E-state index contributed by atoms with van der Waals surface area (Å²) in [4.78, 5) is 13.3. The summed E-state index contributed by atoms with van der Waals surface area (Å²) in [5, 5.41) is 14.4. The van der Waals surface area contributed by atoms with Crippen LogP contribution in [-0.2, 0) is 17.4 Å². The number of thiophene rings is 1. The van der Waals surface area contributed by atoms with Crippen molar-refractivity contribution >= 4 is 17.2 Å². The van der Waals surface area contributed by atoms with Crippen molar-refractivity contribution < 1.29 is 23.1 Å². The normalized spacial score (nSPS) is 21.4. The van der Waals surface area contributed by atoms with Gasteiger partial charge in [0.15, 0.2) is 0 Å². The molecule has 3 nitrogen and oxygen atoms in total. The second-order valence-corrected chi connectivity index (χ2v) is 7.30. The molecular weight excluding hydrogens is 351 g/mol. The first kappa shape index (κ1) is 17.9. The molecule has 1 aliphatic rings. The molecule has 0 bridgehead atoms. The van der Waals surface area contributed by atoms with Gasteiger partial charge in [0.1, 0.15) is 0 Å². The van der Waals surface area contributed by atoms with Gasteiger partial charge in [0.2, 0.25) is 5.91 Å². The van der Waals surface area contributed by atoms with E-state index in [1.165, 1.54) is 23.5 Å². The summed E-state index contributed by atoms with van der Waals surface area (Å²) in [6, 6.07) is 8.43. The number of rotatable bonds is 5. The third kappa shape index (κ3) is 4.41. The Hall–Kier alpha value is -1.86. The minimum atomic E-state index is -4.42. The van der Waals surface area contributed by atoms with Gasteiger partial charge in [0.25, 0.3) is 0 Å². The van der Waals surface area contributed by atoms with E-state index in [9.17, 15) is 23.1 Å². The van der Waals surface area contributed by atoms with Crippen LogP contribution in [0.25, 0.3) is 0 Å². The summed E-state index contributed by atoms with van der Waals surface area (Å²) < 4.78 is 38.3. The predicted molar refractivity (Wildman–Crippen MR) is 89.1 cm³/mol. The van der Waals surface area contributed by atoms with Crippen molar-refractivity contribution in [3.63, 3.8) is 0 Å². The number of carbonyl (C=O) groups is 1. The summed E-state index contributed by atoms with van der Waals surface area (Å²) in [5.74, 6) is -0.168. The van der Waals surface area contributed by atoms with Crippen LogP contribution in [-0.4, -0.2) is 17.1 Å². The number of halogens is 3. The van der Waals surface area contributed by atoms with Gasteiger partial charge in [0.05, 0.1) is 24.1 Å². The second kappa shape index (κ2) is 7.17. The molecule has 1 saturated carbocycles. The molecule has 1 aliphatic carbocycles. The Morgan fingerprint density at radius 2 is 2.04 bits per heavy atom. The minimum absolute atomic E-state index is 0.110. The van der Waals surface area contributed by atoms with Crippen molar-refractivity contribution in [3.8, 4) is 0 Å².